The summed E-state index contributed by atoms with van der Waals surface area (Å²) in [5.74, 6) is -1.14. The van der Waals surface area contributed by atoms with Gasteiger partial charge in [0.05, 0.1) is 6.10 Å². The van der Waals surface area contributed by atoms with Crippen LogP contribution in [0.25, 0.3) is 0 Å². The fourth-order valence-electron chi connectivity index (χ4n) is 1.59. The van der Waals surface area contributed by atoms with Gasteiger partial charge < -0.3 is 15.8 Å². The van der Waals surface area contributed by atoms with Crippen molar-refractivity contribution in [2.24, 2.45) is 11.7 Å². The largest absolute Gasteiger partial charge is 0.369 e. The Hall–Kier alpha value is -1.43. The third-order valence-electron chi connectivity index (χ3n) is 2.91. The van der Waals surface area contributed by atoms with Crippen LogP contribution in [-0.2, 0) is 19.1 Å². The van der Waals surface area contributed by atoms with E-state index in [4.69, 9.17) is 10.5 Å². The predicted molar refractivity (Wildman–Crippen MR) is 59.9 cm³/mol. The molecule has 2 amide bonds. The van der Waals surface area contributed by atoms with E-state index in [-0.39, 0.29) is 36.7 Å². The zero-order valence-electron chi connectivity index (χ0n) is 10.1. The maximum absolute atomic E-state index is 11.5. The number of rotatable bonds is 5. The topological polar surface area (TPSA) is 98.5 Å². The number of carbonyl (C=O) groups is 3. The van der Waals surface area contributed by atoms with Crippen molar-refractivity contribution in [1.82, 2.24) is 5.32 Å². The molecule has 3 N–H and O–H groups in total. The van der Waals surface area contributed by atoms with E-state index in [0.29, 0.717) is 6.42 Å². The Labute approximate surface area is 99.9 Å². The number of hydrogen-bond acceptors (Lipinski definition) is 4. The zero-order valence-corrected chi connectivity index (χ0v) is 10.1. The molecule has 0 aromatic heterocycles. The van der Waals surface area contributed by atoms with E-state index < -0.39 is 11.9 Å². The molecule has 1 aliphatic heterocycles. The molecule has 6 nitrogen and oxygen atoms in total. The number of hydrogen-bond donors (Lipinski definition) is 2. The summed E-state index contributed by atoms with van der Waals surface area (Å²) in [6, 6.07) is -0.564. The number of amides is 2. The monoisotopic (exact) mass is 242 g/mol. The SMILES string of the molecule is CC(CCC(=O)N[C@@H]1C(=O)CO[C@@H]1C)C(N)=O. The molecule has 0 saturated carbocycles. The van der Waals surface area contributed by atoms with Gasteiger partial charge in [-0.25, -0.2) is 0 Å². The van der Waals surface area contributed by atoms with Gasteiger partial charge in [-0.3, -0.25) is 14.4 Å². The molecule has 0 aromatic carbocycles. The lowest BCUT2D eigenvalue weighted by atomic mass is 10.0. The van der Waals surface area contributed by atoms with Crippen molar-refractivity contribution in [3.05, 3.63) is 0 Å². The highest BCUT2D eigenvalue weighted by molar-refractivity contribution is 5.91. The van der Waals surface area contributed by atoms with E-state index >= 15 is 0 Å². The van der Waals surface area contributed by atoms with Gasteiger partial charge in [-0.15, -0.1) is 0 Å². The van der Waals surface area contributed by atoms with E-state index in [1.165, 1.54) is 0 Å². The molecule has 0 radical (unpaired) electrons. The average molecular weight is 242 g/mol. The number of carbonyl (C=O) groups excluding carboxylic acids is 3. The standard InChI is InChI=1S/C11H18N2O4/c1-6(11(12)16)3-4-9(15)13-10-7(2)17-5-8(10)14/h6-7,10H,3-5H2,1-2H3,(H2,12,16)(H,13,15)/t6?,7-,10+/m1/s1. The lowest BCUT2D eigenvalue weighted by Crippen LogP contribution is -2.43. The van der Waals surface area contributed by atoms with Crippen LogP contribution in [0.4, 0.5) is 0 Å². The minimum absolute atomic E-state index is 0.0454. The summed E-state index contributed by atoms with van der Waals surface area (Å²) in [6.07, 6.45) is 0.276. The first-order valence-corrected chi connectivity index (χ1v) is 5.64. The van der Waals surface area contributed by atoms with Crippen LogP contribution >= 0.6 is 0 Å². The molecular formula is C11H18N2O4. The highest BCUT2D eigenvalue weighted by atomic mass is 16.5. The fourth-order valence-corrected chi connectivity index (χ4v) is 1.59. The number of Topliss-reactive ketones (excluding diaryl/α,β-unsaturated/α-hetero) is 1. The number of primary amides is 1. The molecule has 1 saturated heterocycles. The summed E-state index contributed by atoms with van der Waals surface area (Å²) in [5.41, 5.74) is 5.09. The highest BCUT2D eigenvalue weighted by Gasteiger charge is 2.33. The van der Waals surface area contributed by atoms with Crippen LogP contribution in [0.1, 0.15) is 26.7 Å². The summed E-state index contributed by atoms with van der Waals surface area (Å²) in [6.45, 7) is 3.45. The lowest BCUT2D eigenvalue weighted by Gasteiger charge is -2.15. The summed E-state index contributed by atoms with van der Waals surface area (Å²) in [7, 11) is 0. The first-order chi connectivity index (χ1) is 7.91. The third-order valence-corrected chi connectivity index (χ3v) is 2.91. The van der Waals surface area contributed by atoms with Crippen LogP contribution < -0.4 is 11.1 Å². The zero-order chi connectivity index (χ0) is 13.0. The molecule has 1 heterocycles. The molecule has 1 fully saturated rings. The summed E-state index contributed by atoms with van der Waals surface area (Å²) in [5, 5.41) is 2.61. The Bertz CT molecular complexity index is 329. The number of ketones is 1. The van der Waals surface area contributed by atoms with E-state index in [1.54, 1.807) is 13.8 Å². The van der Waals surface area contributed by atoms with Gasteiger partial charge in [0, 0.05) is 12.3 Å². The second-order valence-electron chi connectivity index (χ2n) is 4.37. The number of ether oxygens (including phenoxy) is 1. The van der Waals surface area contributed by atoms with Gasteiger partial charge in [0.2, 0.25) is 11.8 Å². The van der Waals surface area contributed by atoms with Crippen LogP contribution in [-0.4, -0.2) is 36.4 Å². The van der Waals surface area contributed by atoms with Gasteiger partial charge in [0.25, 0.3) is 0 Å². The Morgan fingerprint density at radius 1 is 1.59 bits per heavy atom. The molecule has 17 heavy (non-hydrogen) atoms. The Morgan fingerprint density at radius 2 is 2.24 bits per heavy atom. The van der Waals surface area contributed by atoms with Crippen molar-refractivity contribution >= 4 is 17.6 Å². The normalized spacial score (nSPS) is 25.6. The number of nitrogens with one attached hydrogen (secondary N) is 1. The van der Waals surface area contributed by atoms with Crippen LogP contribution in [0.3, 0.4) is 0 Å². The molecule has 0 aromatic rings. The maximum atomic E-state index is 11.5. The Balaban J connectivity index is 2.34. The quantitative estimate of drug-likeness (QED) is 0.670. The van der Waals surface area contributed by atoms with Crippen molar-refractivity contribution in [1.29, 1.82) is 0 Å². The lowest BCUT2D eigenvalue weighted by molar-refractivity contribution is -0.127. The molecule has 0 bridgehead atoms. The predicted octanol–water partition coefficient (Wildman–Crippen LogP) is -0.639. The Kier molecular flexibility index (Phi) is 4.62. The average Bonchev–Trinajstić information content (AvgIpc) is 2.57. The van der Waals surface area contributed by atoms with Crippen LogP contribution in [0.15, 0.2) is 0 Å². The molecule has 1 rings (SSSR count). The molecule has 6 heteroatoms. The molecule has 96 valence electrons. The molecule has 0 spiro atoms. The van der Waals surface area contributed by atoms with Gasteiger partial charge in [-0.05, 0) is 13.3 Å². The van der Waals surface area contributed by atoms with E-state index in [2.05, 4.69) is 5.32 Å². The highest BCUT2D eigenvalue weighted by Crippen LogP contribution is 2.10. The van der Waals surface area contributed by atoms with E-state index in [1.807, 2.05) is 0 Å². The van der Waals surface area contributed by atoms with Gasteiger partial charge in [0.1, 0.15) is 12.6 Å². The molecule has 3 atom stereocenters. The molecule has 0 aliphatic carbocycles. The second kappa shape index (κ2) is 5.77. The van der Waals surface area contributed by atoms with Crippen molar-refractivity contribution in [2.75, 3.05) is 6.61 Å². The van der Waals surface area contributed by atoms with Crippen LogP contribution in [0.5, 0.6) is 0 Å². The number of nitrogens with two attached hydrogens (primary N) is 1. The van der Waals surface area contributed by atoms with Gasteiger partial charge in [-0.1, -0.05) is 6.92 Å². The van der Waals surface area contributed by atoms with Crippen molar-refractivity contribution in [3.8, 4) is 0 Å². The van der Waals surface area contributed by atoms with Crippen LogP contribution in [0.2, 0.25) is 0 Å². The Morgan fingerprint density at radius 3 is 2.71 bits per heavy atom. The van der Waals surface area contributed by atoms with Crippen molar-refractivity contribution in [3.63, 3.8) is 0 Å². The second-order valence-corrected chi connectivity index (χ2v) is 4.37. The van der Waals surface area contributed by atoms with Gasteiger partial charge in [-0.2, -0.15) is 0 Å². The van der Waals surface area contributed by atoms with E-state index in [9.17, 15) is 14.4 Å². The van der Waals surface area contributed by atoms with E-state index in [0.717, 1.165) is 0 Å². The summed E-state index contributed by atoms with van der Waals surface area (Å²) < 4.78 is 5.10. The first kappa shape index (κ1) is 13.6. The smallest absolute Gasteiger partial charge is 0.220 e. The van der Waals surface area contributed by atoms with Crippen LogP contribution in [0, 0.1) is 5.92 Å². The maximum Gasteiger partial charge on any atom is 0.220 e. The summed E-state index contributed by atoms with van der Waals surface area (Å²) >= 11 is 0. The minimum Gasteiger partial charge on any atom is -0.369 e. The third kappa shape index (κ3) is 3.81. The van der Waals surface area contributed by atoms with Crippen molar-refractivity contribution < 1.29 is 19.1 Å². The minimum atomic E-state index is -0.564. The van der Waals surface area contributed by atoms with Gasteiger partial charge in [0.15, 0.2) is 5.78 Å². The summed E-state index contributed by atoms with van der Waals surface area (Å²) in [4.78, 5) is 33.7. The first-order valence-electron chi connectivity index (χ1n) is 5.64. The van der Waals surface area contributed by atoms with Crippen molar-refractivity contribution in [2.45, 2.75) is 38.8 Å². The molecular weight excluding hydrogens is 224 g/mol. The molecule has 1 unspecified atom stereocenters. The van der Waals surface area contributed by atoms with Gasteiger partial charge >= 0.3 is 0 Å². The fraction of sp³-hybridized carbons (Fsp3) is 0.727. The molecule has 1 aliphatic rings.